The van der Waals surface area contributed by atoms with Crippen LogP contribution < -0.4 is 9.47 Å². The minimum atomic E-state index is -1.79. The van der Waals surface area contributed by atoms with Gasteiger partial charge in [0.25, 0.3) is 0 Å². The van der Waals surface area contributed by atoms with Crippen LogP contribution in [0.15, 0.2) is 54.3 Å². The van der Waals surface area contributed by atoms with Crippen molar-refractivity contribution in [1.29, 1.82) is 0 Å². The molecule has 2 aliphatic heterocycles. The van der Waals surface area contributed by atoms with E-state index in [0.29, 0.717) is 30.9 Å². The van der Waals surface area contributed by atoms with E-state index in [2.05, 4.69) is 4.90 Å². The van der Waals surface area contributed by atoms with Crippen LogP contribution in [0, 0.1) is 0 Å². The Labute approximate surface area is 253 Å². The first-order valence-corrected chi connectivity index (χ1v) is 14.4. The summed E-state index contributed by atoms with van der Waals surface area (Å²) in [6, 6.07) is 11.8. The van der Waals surface area contributed by atoms with Gasteiger partial charge in [0.2, 0.25) is 12.2 Å². The van der Waals surface area contributed by atoms with Crippen LogP contribution in [0.1, 0.15) is 49.0 Å². The Hall–Kier alpha value is -4.42. The maximum atomic E-state index is 13.8. The van der Waals surface area contributed by atoms with Crippen LogP contribution in [0.25, 0.3) is 0 Å². The molecule has 2 heterocycles. The number of carbonyl (C=O) groups excluding carboxylic acids is 3. The number of hydrogen-bond donors (Lipinski definition) is 2. The van der Waals surface area contributed by atoms with E-state index >= 15 is 0 Å². The number of carboxylic acid groups (broad SMARTS) is 1. The molecule has 232 valence electrons. The summed E-state index contributed by atoms with van der Waals surface area (Å²) in [5, 5.41) is 21.8. The third kappa shape index (κ3) is 4.51. The minimum absolute atomic E-state index is 0.175. The molecule has 0 saturated carbocycles. The Morgan fingerprint density at radius 1 is 1.11 bits per heavy atom. The van der Waals surface area contributed by atoms with Gasteiger partial charge < -0.3 is 38.8 Å². The lowest BCUT2D eigenvalue weighted by atomic mass is 9.50. The number of nitrogens with zero attached hydrogens (tertiary/aromatic N) is 1. The average Bonchev–Trinajstić information content (AvgIpc) is 3.35. The molecule has 1 fully saturated rings. The highest BCUT2D eigenvalue weighted by Gasteiger charge is 2.72. The first-order valence-electron chi connectivity index (χ1n) is 14.4. The van der Waals surface area contributed by atoms with E-state index in [9.17, 15) is 29.4 Å². The highest BCUT2D eigenvalue weighted by atomic mass is 16.6. The van der Waals surface area contributed by atoms with Gasteiger partial charge >= 0.3 is 23.9 Å². The second-order valence-electron chi connectivity index (χ2n) is 11.6. The summed E-state index contributed by atoms with van der Waals surface area (Å²) < 4.78 is 28.3. The minimum Gasteiger partial charge on any atom is -0.493 e. The molecule has 4 aliphatic rings. The van der Waals surface area contributed by atoms with Gasteiger partial charge in [-0.3, -0.25) is 9.59 Å². The summed E-state index contributed by atoms with van der Waals surface area (Å²) >= 11 is 0. The number of likely N-dealkylation sites (N-methyl/N-ethyl adjacent to an activating group) is 1. The molecule has 1 spiro atoms. The van der Waals surface area contributed by atoms with E-state index < -0.39 is 59.6 Å². The average molecular weight is 608 g/mol. The normalized spacial score (nSPS) is 27.5. The lowest BCUT2D eigenvalue weighted by Crippen LogP contribution is -2.74. The van der Waals surface area contributed by atoms with E-state index in [1.54, 1.807) is 43.5 Å². The standard InChI is InChI=1S/C32H33NO11/c1-17(34)41-22(29(36)37)16-24(35)43-26(18-7-5-4-6-8-18)30(38)42-21-11-12-32(39)23-15-19-9-10-20(40-3)27-25(19)31(32,28(21)44-27)13-14-33(23)2/h4-11,22-23,26,28,39H,12-16H2,1-3H3,(H,36,37)/t22?,23-,26?,28+,31+,32-/m1/s1. The third-order valence-electron chi connectivity index (χ3n) is 9.28. The number of esters is 3. The fraction of sp³-hybridized carbons (Fsp3) is 0.438. The highest BCUT2D eigenvalue weighted by Crippen LogP contribution is 2.65. The first kappa shape index (κ1) is 29.6. The number of aliphatic carboxylic acids is 1. The second-order valence-corrected chi connectivity index (χ2v) is 11.6. The van der Waals surface area contributed by atoms with Gasteiger partial charge in [-0.05, 0) is 44.1 Å². The van der Waals surface area contributed by atoms with Crippen molar-refractivity contribution in [2.45, 2.75) is 68.0 Å². The molecule has 2 bridgehead atoms. The number of aliphatic hydroxyl groups is 1. The Balaban J connectivity index is 1.32. The number of benzene rings is 2. The summed E-state index contributed by atoms with van der Waals surface area (Å²) in [5.41, 5.74) is 0.0660. The Morgan fingerprint density at radius 3 is 2.55 bits per heavy atom. The number of ether oxygens (including phenoxy) is 5. The molecule has 0 aromatic heterocycles. The number of methoxy groups -OCH3 is 1. The van der Waals surface area contributed by atoms with Gasteiger partial charge in [0.05, 0.1) is 24.5 Å². The van der Waals surface area contributed by atoms with Crippen LogP contribution >= 0.6 is 0 Å². The summed E-state index contributed by atoms with van der Waals surface area (Å²) in [6.45, 7) is 1.70. The van der Waals surface area contributed by atoms with Crippen molar-refractivity contribution in [3.63, 3.8) is 0 Å². The molecule has 12 nitrogen and oxygen atoms in total. The largest absolute Gasteiger partial charge is 0.493 e. The number of carbonyl (C=O) groups is 4. The predicted octanol–water partition coefficient (Wildman–Crippen LogP) is 2.21. The maximum absolute atomic E-state index is 13.8. The monoisotopic (exact) mass is 607 g/mol. The topological polar surface area (TPSA) is 158 Å². The van der Waals surface area contributed by atoms with Crippen molar-refractivity contribution in [2.24, 2.45) is 0 Å². The molecule has 1 saturated heterocycles. The van der Waals surface area contributed by atoms with Crippen molar-refractivity contribution in [1.82, 2.24) is 4.90 Å². The fourth-order valence-electron chi connectivity index (χ4n) is 7.35. The highest BCUT2D eigenvalue weighted by molar-refractivity contribution is 5.85. The zero-order valence-electron chi connectivity index (χ0n) is 24.5. The van der Waals surface area contributed by atoms with Crippen molar-refractivity contribution in [3.05, 3.63) is 71.0 Å². The Kier molecular flexibility index (Phi) is 7.37. The van der Waals surface area contributed by atoms with Crippen molar-refractivity contribution < 1.29 is 53.1 Å². The van der Waals surface area contributed by atoms with Crippen molar-refractivity contribution in [3.8, 4) is 11.5 Å². The molecule has 0 amide bonds. The van der Waals surface area contributed by atoms with Gasteiger partial charge in [-0.25, -0.2) is 9.59 Å². The van der Waals surface area contributed by atoms with E-state index in [1.165, 1.54) is 0 Å². The zero-order valence-corrected chi connectivity index (χ0v) is 24.5. The van der Waals surface area contributed by atoms with Crippen LogP contribution in [-0.2, 0) is 45.2 Å². The molecular weight excluding hydrogens is 574 g/mol. The zero-order chi connectivity index (χ0) is 31.4. The molecule has 6 atom stereocenters. The van der Waals surface area contributed by atoms with Gasteiger partial charge in [-0.15, -0.1) is 0 Å². The number of piperidine rings is 1. The Morgan fingerprint density at radius 2 is 1.86 bits per heavy atom. The SMILES string of the molecule is COc1ccc2c3c1O[C@H]1C(OC(=O)C(OC(=O)CC(OC(C)=O)C(=O)O)c4ccccc4)=CC[C@@]4(O)[C@@H](C2)N(C)CC[C@]314. The summed E-state index contributed by atoms with van der Waals surface area (Å²) in [6.07, 6.45) is -2.03. The van der Waals surface area contributed by atoms with Crippen LogP contribution in [0.4, 0.5) is 0 Å². The van der Waals surface area contributed by atoms with Crippen molar-refractivity contribution >= 4 is 23.9 Å². The number of rotatable bonds is 9. The molecule has 12 heteroatoms. The van der Waals surface area contributed by atoms with E-state index in [-0.39, 0.29) is 23.8 Å². The predicted molar refractivity (Wildman–Crippen MR) is 151 cm³/mol. The van der Waals surface area contributed by atoms with Gasteiger partial charge in [0.15, 0.2) is 17.6 Å². The summed E-state index contributed by atoms with van der Waals surface area (Å²) in [4.78, 5) is 51.7. The molecule has 2 unspecified atom stereocenters. The molecule has 0 radical (unpaired) electrons. The number of carboxylic acids is 1. The quantitative estimate of drug-likeness (QED) is 0.317. The smallest absolute Gasteiger partial charge is 0.357 e. The van der Waals surface area contributed by atoms with Gasteiger partial charge in [0.1, 0.15) is 5.76 Å². The molecule has 2 aromatic carbocycles. The van der Waals surface area contributed by atoms with Crippen LogP contribution in [-0.4, -0.2) is 83.5 Å². The fourth-order valence-corrected chi connectivity index (χ4v) is 7.35. The third-order valence-corrected chi connectivity index (χ3v) is 9.28. The van der Waals surface area contributed by atoms with Crippen molar-refractivity contribution in [2.75, 3.05) is 20.7 Å². The van der Waals surface area contributed by atoms with E-state index in [0.717, 1.165) is 18.1 Å². The lowest BCUT2D eigenvalue weighted by molar-refractivity contribution is -0.178. The van der Waals surface area contributed by atoms with Crippen LogP contribution in [0.5, 0.6) is 11.5 Å². The lowest BCUT2D eigenvalue weighted by Gasteiger charge is -2.61. The molecule has 44 heavy (non-hydrogen) atoms. The van der Waals surface area contributed by atoms with Crippen LogP contribution in [0.3, 0.4) is 0 Å². The summed E-state index contributed by atoms with van der Waals surface area (Å²) in [5.74, 6) is -3.25. The van der Waals surface area contributed by atoms with E-state index in [1.807, 2.05) is 19.2 Å². The van der Waals surface area contributed by atoms with Gasteiger partial charge in [-0.1, -0.05) is 36.4 Å². The molecule has 2 aliphatic carbocycles. The van der Waals surface area contributed by atoms with E-state index in [4.69, 9.17) is 23.7 Å². The second kappa shape index (κ2) is 10.9. The summed E-state index contributed by atoms with van der Waals surface area (Å²) in [7, 11) is 3.53. The van der Waals surface area contributed by atoms with Gasteiger partial charge in [-0.2, -0.15) is 0 Å². The number of likely N-dealkylation sites (tertiary alicyclic amines) is 1. The molecule has 2 aromatic rings. The number of hydrogen-bond acceptors (Lipinski definition) is 11. The van der Waals surface area contributed by atoms with Gasteiger partial charge in [0, 0.05) is 30.5 Å². The molecule has 2 N–H and O–H groups in total. The Bertz CT molecular complexity index is 1550. The molecular formula is C32H33NO11. The molecule has 6 rings (SSSR count). The first-order chi connectivity index (χ1) is 21.0. The van der Waals surface area contributed by atoms with Crippen LogP contribution in [0.2, 0.25) is 0 Å². The maximum Gasteiger partial charge on any atom is 0.357 e.